The van der Waals surface area contributed by atoms with E-state index in [-0.39, 0.29) is 53.2 Å². The Morgan fingerprint density at radius 1 is 0.905 bits per heavy atom. The number of carbonyl (C=O) groups excluding carboxylic acids is 1. The highest BCUT2D eigenvalue weighted by atomic mass is 28.3. The van der Waals surface area contributed by atoms with Gasteiger partial charge in [0.05, 0.1) is 23.2 Å². The Morgan fingerprint density at radius 3 is 2.19 bits per heavy atom. The Labute approximate surface area is 373 Å². The van der Waals surface area contributed by atoms with Crippen LogP contribution in [0.5, 0.6) is 11.8 Å². The molecule has 1 aromatic heterocycles. The van der Waals surface area contributed by atoms with Gasteiger partial charge in [0.1, 0.15) is 43.2 Å². The van der Waals surface area contributed by atoms with Crippen LogP contribution >= 0.6 is 0 Å². The van der Waals surface area contributed by atoms with Gasteiger partial charge in [-0.15, -0.1) is 5.54 Å². The smallest absolute Gasteiger partial charge is 0.410 e. The molecule has 4 aliphatic rings. The molecule has 338 valence electrons. The lowest BCUT2D eigenvalue weighted by Gasteiger charge is -2.42. The molecule has 63 heavy (non-hydrogen) atoms. The molecular weight excluding hydrogens is 817 g/mol. The number of piperazine rings is 1. The third-order valence-corrected chi connectivity index (χ3v) is 20.7. The number of hydrogen-bond donors (Lipinski definition) is 0. The summed E-state index contributed by atoms with van der Waals surface area (Å²) in [5, 5.41) is 1.70. The standard InChI is InChI=1S/C50H65F2N5O5Si/c1-31(2)63(32(3)4,33(5)6)24-19-39-42(51)18-13-34-25-37(61-30-59-10)26-41(43(34)39)38-16-17-40-45(44(38)52)53-47(60-29-50-20-11-22-56(50)23-12-21-50)54-46(40)55-27-35-14-15-36(28-55)57(35)48(58)62-49(7,8)9/h13,16-18,25-26,31-33,35-36H,11-12,14-15,20-23,27-30H2,1-10H3/t35-,36+. The summed E-state index contributed by atoms with van der Waals surface area (Å²) in [6.45, 7) is 22.5. The van der Waals surface area contributed by atoms with Crippen molar-refractivity contribution in [2.24, 2.45) is 0 Å². The van der Waals surface area contributed by atoms with E-state index in [1.165, 1.54) is 6.07 Å². The SMILES string of the molecule is COCOc1cc(-c2ccc3c(N4C[C@H]5CC[C@@H](C4)N5C(=O)OC(C)(C)C)nc(OCC45CCCN4CCC5)nc3c2F)c2c(C#C[Si](C(C)C)(C(C)C)C(C)C)c(F)ccc2c1. The first-order valence-electron chi connectivity index (χ1n) is 23.0. The molecule has 4 aromatic rings. The van der Waals surface area contributed by atoms with E-state index < -0.39 is 25.3 Å². The largest absolute Gasteiger partial charge is 0.468 e. The number of carbonyl (C=O) groups is 1. The Hall–Kier alpha value is -4.51. The van der Waals surface area contributed by atoms with Gasteiger partial charge in [-0.3, -0.25) is 9.80 Å². The zero-order valence-electron chi connectivity index (χ0n) is 38.9. The summed E-state index contributed by atoms with van der Waals surface area (Å²) in [6, 6.07) is 10.2. The van der Waals surface area contributed by atoms with E-state index in [1.807, 2.05) is 37.8 Å². The van der Waals surface area contributed by atoms with E-state index in [9.17, 15) is 4.79 Å². The van der Waals surface area contributed by atoms with Crippen LogP contribution in [-0.2, 0) is 9.47 Å². The number of ether oxygens (including phenoxy) is 4. The maximum absolute atomic E-state index is 17.9. The van der Waals surface area contributed by atoms with Crippen LogP contribution in [0.15, 0.2) is 36.4 Å². The molecule has 10 nitrogen and oxygen atoms in total. The molecule has 8 rings (SSSR count). The van der Waals surface area contributed by atoms with Crippen molar-refractivity contribution in [3.8, 4) is 34.4 Å². The first-order chi connectivity index (χ1) is 30.0. The number of hydrogen-bond acceptors (Lipinski definition) is 9. The number of halogens is 2. The third kappa shape index (κ3) is 8.36. The molecule has 5 heterocycles. The molecule has 4 fully saturated rings. The van der Waals surface area contributed by atoms with Crippen molar-refractivity contribution in [1.29, 1.82) is 0 Å². The predicted molar refractivity (Wildman–Crippen MR) is 248 cm³/mol. The summed E-state index contributed by atoms with van der Waals surface area (Å²) in [7, 11) is -0.746. The quantitative estimate of drug-likeness (QED) is 0.0830. The summed E-state index contributed by atoms with van der Waals surface area (Å²) in [4.78, 5) is 29.9. The molecular formula is C50H65F2N5O5Si. The van der Waals surface area contributed by atoms with E-state index in [0.29, 0.717) is 69.6 Å². The Bertz CT molecular complexity index is 2400. The number of amides is 1. The van der Waals surface area contributed by atoms with Crippen molar-refractivity contribution in [2.75, 3.05) is 51.6 Å². The minimum Gasteiger partial charge on any atom is -0.468 e. The average molecular weight is 882 g/mol. The second-order valence-electron chi connectivity index (χ2n) is 20.2. The van der Waals surface area contributed by atoms with Gasteiger partial charge in [-0.2, -0.15) is 9.97 Å². The first-order valence-corrected chi connectivity index (χ1v) is 25.3. The molecule has 0 spiro atoms. The molecule has 0 N–H and O–H groups in total. The minimum absolute atomic E-state index is 0.0241. The molecule has 3 aromatic carbocycles. The lowest BCUT2D eigenvalue weighted by Crippen LogP contribution is -2.57. The van der Waals surface area contributed by atoms with Crippen LogP contribution in [0.25, 0.3) is 32.8 Å². The average Bonchev–Trinajstić information content (AvgIpc) is 3.89. The van der Waals surface area contributed by atoms with E-state index in [2.05, 4.69) is 62.8 Å². The molecule has 0 radical (unpaired) electrons. The van der Waals surface area contributed by atoms with Gasteiger partial charge in [0.15, 0.2) is 12.6 Å². The van der Waals surface area contributed by atoms with Crippen LogP contribution in [0.4, 0.5) is 19.4 Å². The summed E-state index contributed by atoms with van der Waals surface area (Å²) >= 11 is 0. The molecule has 4 aliphatic heterocycles. The van der Waals surface area contributed by atoms with Crippen LogP contribution < -0.4 is 14.4 Å². The number of fused-ring (bicyclic) bond motifs is 5. The van der Waals surface area contributed by atoms with E-state index in [0.717, 1.165) is 51.6 Å². The van der Waals surface area contributed by atoms with E-state index in [1.54, 1.807) is 25.3 Å². The fourth-order valence-electron chi connectivity index (χ4n) is 11.5. The van der Waals surface area contributed by atoms with Crippen LogP contribution in [0.3, 0.4) is 0 Å². The molecule has 2 atom stereocenters. The Kier molecular flexibility index (Phi) is 12.5. The lowest BCUT2D eigenvalue weighted by atomic mass is 9.93. The number of rotatable bonds is 11. The van der Waals surface area contributed by atoms with E-state index in [4.69, 9.17) is 28.9 Å². The third-order valence-electron chi connectivity index (χ3n) is 14.4. The molecule has 13 heteroatoms. The molecule has 0 saturated carbocycles. The van der Waals surface area contributed by atoms with Crippen molar-refractivity contribution in [2.45, 2.75) is 141 Å². The van der Waals surface area contributed by atoms with Crippen molar-refractivity contribution in [1.82, 2.24) is 19.8 Å². The van der Waals surface area contributed by atoms with Crippen molar-refractivity contribution in [3.63, 3.8) is 0 Å². The van der Waals surface area contributed by atoms with Gasteiger partial charge in [0.25, 0.3) is 0 Å². The van der Waals surface area contributed by atoms with Gasteiger partial charge in [-0.1, -0.05) is 59.6 Å². The van der Waals surface area contributed by atoms with Crippen molar-refractivity contribution in [3.05, 3.63) is 53.6 Å². The zero-order valence-corrected chi connectivity index (χ0v) is 39.9. The van der Waals surface area contributed by atoms with Gasteiger partial charge in [-0.05, 0) is 124 Å². The minimum atomic E-state index is -2.29. The molecule has 1 amide bonds. The zero-order chi connectivity index (χ0) is 45.0. The maximum atomic E-state index is 17.9. The van der Waals surface area contributed by atoms with Crippen LogP contribution in [0.2, 0.25) is 16.6 Å². The summed E-state index contributed by atoms with van der Waals surface area (Å²) in [6.07, 6.45) is 5.64. The highest BCUT2D eigenvalue weighted by molar-refractivity contribution is 6.90. The maximum Gasteiger partial charge on any atom is 0.410 e. The molecule has 0 aliphatic carbocycles. The van der Waals surface area contributed by atoms with Gasteiger partial charge in [0.2, 0.25) is 0 Å². The highest BCUT2D eigenvalue weighted by Gasteiger charge is 2.47. The molecule has 2 bridgehead atoms. The lowest BCUT2D eigenvalue weighted by molar-refractivity contribution is 0.0122. The highest BCUT2D eigenvalue weighted by Crippen LogP contribution is 2.45. The molecule has 4 saturated heterocycles. The number of methoxy groups -OCH3 is 1. The van der Waals surface area contributed by atoms with E-state index >= 15 is 8.78 Å². The van der Waals surface area contributed by atoms with Gasteiger partial charge in [-0.25, -0.2) is 13.6 Å². The first kappa shape index (κ1) is 45.1. The summed E-state index contributed by atoms with van der Waals surface area (Å²) in [5.74, 6) is 3.35. The van der Waals surface area contributed by atoms with Crippen LogP contribution in [-0.4, -0.2) is 104 Å². The normalized spacial score (nSPS) is 20.0. The van der Waals surface area contributed by atoms with Crippen molar-refractivity contribution >= 4 is 41.7 Å². The Morgan fingerprint density at radius 2 is 1.57 bits per heavy atom. The Balaban J connectivity index is 1.29. The second-order valence-corrected chi connectivity index (χ2v) is 25.8. The summed E-state index contributed by atoms with van der Waals surface area (Å²) < 4.78 is 58.0. The number of nitrogens with zero attached hydrogens (tertiary/aromatic N) is 5. The van der Waals surface area contributed by atoms with Gasteiger partial charge in [0, 0.05) is 36.5 Å². The predicted octanol–water partition coefficient (Wildman–Crippen LogP) is 10.9. The molecule has 0 unspecified atom stereocenters. The fourth-order valence-corrected chi connectivity index (χ4v) is 16.8. The summed E-state index contributed by atoms with van der Waals surface area (Å²) in [5.41, 5.74) is 5.02. The van der Waals surface area contributed by atoms with Crippen molar-refractivity contribution < 1.29 is 32.5 Å². The van der Waals surface area contributed by atoms with Crippen LogP contribution in [0.1, 0.15) is 106 Å². The van der Waals surface area contributed by atoms with Gasteiger partial charge >= 0.3 is 12.1 Å². The van der Waals surface area contributed by atoms with Gasteiger partial charge < -0.3 is 23.8 Å². The second kappa shape index (κ2) is 17.5. The number of aromatic nitrogens is 2. The number of anilines is 1. The monoisotopic (exact) mass is 881 g/mol. The number of benzene rings is 3. The van der Waals surface area contributed by atoms with Crippen LogP contribution in [0, 0.1) is 23.1 Å². The topological polar surface area (TPSA) is 89.5 Å². The fraction of sp³-hybridized carbons (Fsp3) is 0.580.